The summed E-state index contributed by atoms with van der Waals surface area (Å²) >= 11 is 0. The zero-order chi connectivity index (χ0) is 13.0. The van der Waals surface area contributed by atoms with Gasteiger partial charge in [-0.2, -0.15) is 0 Å². The fraction of sp³-hybridized carbons (Fsp3) is 0.273. The molecule has 0 aliphatic carbocycles. The molecule has 6 heteroatoms. The first kappa shape index (κ1) is 13.1. The van der Waals surface area contributed by atoms with Gasteiger partial charge in [0.05, 0.1) is 5.69 Å². The van der Waals surface area contributed by atoms with Crippen molar-refractivity contribution >= 4 is 17.6 Å². The molecule has 0 fully saturated rings. The predicted octanol–water partition coefficient (Wildman–Crippen LogP) is 2.01. The highest BCUT2D eigenvalue weighted by molar-refractivity contribution is 6.04. The Bertz CT molecular complexity index is 448. The van der Waals surface area contributed by atoms with Crippen LogP contribution in [0.15, 0.2) is 18.2 Å². The number of aliphatic carboxylic acids is 1. The van der Waals surface area contributed by atoms with E-state index in [0.717, 1.165) is 18.2 Å². The van der Waals surface area contributed by atoms with Gasteiger partial charge < -0.3 is 10.4 Å². The van der Waals surface area contributed by atoms with Crippen molar-refractivity contribution in [3.05, 3.63) is 29.8 Å². The molecule has 1 aromatic rings. The van der Waals surface area contributed by atoms with Crippen LogP contribution in [0.25, 0.3) is 0 Å². The monoisotopic (exact) mass is 243 g/mol. The zero-order valence-electron chi connectivity index (χ0n) is 9.04. The van der Waals surface area contributed by atoms with Crippen LogP contribution >= 0.6 is 0 Å². The number of carbonyl (C=O) groups is 2. The standard InChI is InChI=1S/C11H11F2NO3/c1-2-7(11(16)17)10(15)14-9-5-6(12)3-4-8(9)13/h3-5,7H,2H2,1H3,(H,14,15)(H,16,17). The Kier molecular flexibility index (Phi) is 4.14. The number of anilines is 1. The number of amides is 1. The Labute approximate surface area is 96.3 Å². The van der Waals surface area contributed by atoms with Gasteiger partial charge in [0.2, 0.25) is 5.91 Å². The van der Waals surface area contributed by atoms with Gasteiger partial charge in [-0.3, -0.25) is 9.59 Å². The molecule has 1 rings (SSSR count). The molecule has 0 saturated carbocycles. The number of hydrogen-bond acceptors (Lipinski definition) is 2. The van der Waals surface area contributed by atoms with E-state index in [0.29, 0.717) is 0 Å². The summed E-state index contributed by atoms with van der Waals surface area (Å²) < 4.78 is 26.0. The molecule has 0 aliphatic heterocycles. The average Bonchev–Trinajstić information content (AvgIpc) is 2.24. The highest BCUT2D eigenvalue weighted by atomic mass is 19.1. The zero-order valence-corrected chi connectivity index (χ0v) is 9.04. The molecule has 0 bridgehead atoms. The van der Waals surface area contributed by atoms with Gasteiger partial charge in [-0.05, 0) is 18.6 Å². The number of carbonyl (C=O) groups excluding carboxylic acids is 1. The lowest BCUT2D eigenvalue weighted by Gasteiger charge is -2.11. The van der Waals surface area contributed by atoms with E-state index in [2.05, 4.69) is 0 Å². The summed E-state index contributed by atoms with van der Waals surface area (Å²) in [5, 5.41) is 10.8. The molecule has 4 nitrogen and oxygen atoms in total. The number of nitrogens with one attached hydrogen (secondary N) is 1. The number of halogens is 2. The fourth-order valence-electron chi connectivity index (χ4n) is 1.29. The van der Waals surface area contributed by atoms with Crippen LogP contribution in [0.4, 0.5) is 14.5 Å². The van der Waals surface area contributed by atoms with Crippen LogP contribution in [0.5, 0.6) is 0 Å². The Hall–Kier alpha value is -1.98. The maximum atomic E-state index is 13.2. The van der Waals surface area contributed by atoms with E-state index in [-0.39, 0.29) is 12.1 Å². The smallest absolute Gasteiger partial charge is 0.316 e. The summed E-state index contributed by atoms with van der Waals surface area (Å²) in [5.74, 6) is -4.99. The second-order valence-corrected chi connectivity index (χ2v) is 3.41. The molecular formula is C11H11F2NO3. The highest BCUT2D eigenvalue weighted by Crippen LogP contribution is 2.17. The minimum absolute atomic E-state index is 0.0676. The lowest BCUT2D eigenvalue weighted by Crippen LogP contribution is -2.29. The van der Waals surface area contributed by atoms with Gasteiger partial charge in [0.1, 0.15) is 17.6 Å². The Balaban J connectivity index is 2.87. The summed E-state index contributed by atoms with van der Waals surface area (Å²) in [7, 11) is 0. The maximum Gasteiger partial charge on any atom is 0.316 e. The van der Waals surface area contributed by atoms with Gasteiger partial charge in [-0.1, -0.05) is 6.92 Å². The summed E-state index contributed by atoms with van der Waals surface area (Å²) in [6, 6.07) is 2.55. The van der Waals surface area contributed by atoms with E-state index in [9.17, 15) is 18.4 Å². The van der Waals surface area contributed by atoms with Crippen molar-refractivity contribution in [1.29, 1.82) is 0 Å². The summed E-state index contributed by atoms with van der Waals surface area (Å²) in [6.07, 6.45) is 0.0676. The fourth-order valence-corrected chi connectivity index (χ4v) is 1.29. The predicted molar refractivity (Wildman–Crippen MR) is 56.4 cm³/mol. The normalized spacial score (nSPS) is 11.9. The minimum Gasteiger partial charge on any atom is -0.481 e. The van der Waals surface area contributed by atoms with E-state index in [4.69, 9.17) is 5.11 Å². The van der Waals surface area contributed by atoms with Gasteiger partial charge in [-0.15, -0.1) is 0 Å². The Morgan fingerprint density at radius 2 is 2.06 bits per heavy atom. The molecule has 0 radical (unpaired) electrons. The van der Waals surface area contributed by atoms with Crippen molar-refractivity contribution in [2.45, 2.75) is 13.3 Å². The molecule has 17 heavy (non-hydrogen) atoms. The average molecular weight is 243 g/mol. The summed E-state index contributed by atoms with van der Waals surface area (Å²) in [4.78, 5) is 22.2. The number of benzene rings is 1. The molecule has 1 aromatic carbocycles. The topological polar surface area (TPSA) is 66.4 Å². The summed E-state index contributed by atoms with van der Waals surface area (Å²) in [5.41, 5.74) is -0.366. The molecule has 2 N–H and O–H groups in total. The van der Waals surface area contributed by atoms with Crippen LogP contribution in [-0.2, 0) is 9.59 Å². The SMILES string of the molecule is CCC(C(=O)O)C(=O)Nc1cc(F)ccc1F. The lowest BCUT2D eigenvalue weighted by molar-refractivity contribution is -0.145. The van der Waals surface area contributed by atoms with Gasteiger partial charge in [-0.25, -0.2) is 8.78 Å². The third-order valence-corrected chi connectivity index (χ3v) is 2.21. The quantitative estimate of drug-likeness (QED) is 0.795. The van der Waals surface area contributed by atoms with Gasteiger partial charge in [0.15, 0.2) is 0 Å². The van der Waals surface area contributed by atoms with Crippen LogP contribution in [-0.4, -0.2) is 17.0 Å². The van der Waals surface area contributed by atoms with Crippen LogP contribution in [0, 0.1) is 17.6 Å². The number of carboxylic acid groups (broad SMARTS) is 1. The van der Waals surface area contributed by atoms with Crippen molar-refractivity contribution in [2.75, 3.05) is 5.32 Å². The van der Waals surface area contributed by atoms with Crippen molar-refractivity contribution in [3.8, 4) is 0 Å². The van der Waals surface area contributed by atoms with Crippen LogP contribution < -0.4 is 5.32 Å². The van der Waals surface area contributed by atoms with Gasteiger partial charge >= 0.3 is 5.97 Å². The third-order valence-electron chi connectivity index (χ3n) is 2.21. The molecular weight excluding hydrogens is 232 g/mol. The number of rotatable bonds is 4. The van der Waals surface area contributed by atoms with E-state index in [1.54, 1.807) is 0 Å². The highest BCUT2D eigenvalue weighted by Gasteiger charge is 2.24. The van der Waals surface area contributed by atoms with E-state index < -0.39 is 29.4 Å². The van der Waals surface area contributed by atoms with E-state index >= 15 is 0 Å². The largest absolute Gasteiger partial charge is 0.481 e. The molecule has 0 aromatic heterocycles. The molecule has 1 amide bonds. The first-order valence-electron chi connectivity index (χ1n) is 4.94. The van der Waals surface area contributed by atoms with Crippen molar-refractivity contribution in [2.24, 2.45) is 5.92 Å². The van der Waals surface area contributed by atoms with Crippen molar-refractivity contribution in [1.82, 2.24) is 0 Å². The molecule has 92 valence electrons. The van der Waals surface area contributed by atoms with E-state index in [1.165, 1.54) is 6.92 Å². The van der Waals surface area contributed by atoms with Crippen molar-refractivity contribution < 1.29 is 23.5 Å². The summed E-state index contributed by atoms with van der Waals surface area (Å²) in [6.45, 7) is 1.51. The maximum absolute atomic E-state index is 13.2. The molecule has 1 unspecified atom stereocenters. The van der Waals surface area contributed by atoms with Gasteiger partial charge in [0, 0.05) is 6.07 Å². The van der Waals surface area contributed by atoms with E-state index in [1.807, 2.05) is 5.32 Å². The molecule has 0 spiro atoms. The van der Waals surface area contributed by atoms with Crippen LogP contribution in [0.1, 0.15) is 13.3 Å². The first-order valence-corrected chi connectivity index (χ1v) is 4.94. The molecule has 1 atom stereocenters. The number of hydrogen-bond donors (Lipinski definition) is 2. The third kappa shape index (κ3) is 3.24. The lowest BCUT2D eigenvalue weighted by atomic mass is 10.1. The first-order chi connectivity index (χ1) is 7.95. The minimum atomic E-state index is -1.30. The molecule has 0 saturated heterocycles. The van der Waals surface area contributed by atoms with Crippen molar-refractivity contribution in [3.63, 3.8) is 0 Å². The Morgan fingerprint density at radius 1 is 1.41 bits per heavy atom. The van der Waals surface area contributed by atoms with Crippen LogP contribution in [0.2, 0.25) is 0 Å². The Morgan fingerprint density at radius 3 is 2.59 bits per heavy atom. The van der Waals surface area contributed by atoms with Gasteiger partial charge in [0.25, 0.3) is 0 Å². The van der Waals surface area contributed by atoms with Crippen LogP contribution in [0.3, 0.4) is 0 Å². The second kappa shape index (κ2) is 5.38. The molecule has 0 aliphatic rings. The molecule has 0 heterocycles. The second-order valence-electron chi connectivity index (χ2n) is 3.41. The number of carboxylic acids is 1.